The lowest BCUT2D eigenvalue weighted by atomic mass is 10.00. The number of hydrogen-bond donors (Lipinski definition) is 0. The molecule has 1 aliphatic rings. The lowest BCUT2D eigenvalue weighted by Gasteiger charge is -2.24. The van der Waals surface area contributed by atoms with Crippen LogP contribution >= 0.6 is 0 Å². The summed E-state index contributed by atoms with van der Waals surface area (Å²) in [5, 5.41) is 0. The van der Waals surface area contributed by atoms with Crippen molar-refractivity contribution in [2.45, 2.75) is 46.2 Å². The van der Waals surface area contributed by atoms with Gasteiger partial charge in [-0.1, -0.05) is 0 Å². The molecule has 3 rings (SSSR count). The van der Waals surface area contributed by atoms with Crippen LogP contribution in [0, 0.1) is 20.8 Å². The fourth-order valence-electron chi connectivity index (χ4n) is 3.56. The molecule has 0 saturated heterocycles. The van der Waals surface area contributed by atoms with Crippen LogP contribution in [0.1, 0.15) is 37.7 Å². The van der Waals surface area contributed by atoms with Gasteiger partial charge < -0.3 is 9.13 Å². The first-order valence-corrected chi connectivity index (χ1v) is 7.90. The zero-order chi connectivity index (χ0) is 20.5. The van der Waals surface area contributed by atoms with Gasteiger partial charge in [0.15, 0.2) is 0 Å². The van der Waals surface area contributed by atoms with Crippen molar-refractivity contribution in [2.24, 2.45) is 0 Å². The maximum Gasteiger partial charge on any atom is 0.454 e. The van der Waals surface area contributed by atoms with Gasteiger partial charge in [0.05, 0.1) is 22.5 Å². The van der Waals surface area contributed by atoms with E-state index in [1.165, 1.54) is 29.9 Å². The van der Waals surface area contributed by atoms with Crippen LogP contribution in [-0.4, -0.2) is 33.1 Å². The molecule has 1 aliphatic heterocycles. The Morgan fingerprint density at radius 2 is 1.37 bits per heavy atom. The summed E-state index contributed by atoms with van der Waals surface area (Å²) in [5.74, 6) is -4.30. The maximum atomic E-state index is 13.1. The van der Waals surface area contributed by atoms with Crippen molar-refractivity contribution in [1.29, 1.82) is 0 Å². The van der Waals surface area contributed by atoms with E-state index in [2.05, 4.69) is 0 Å². The molecule has 0 aromatic carbocycles. The molecule has 2 aromatic rings. The summed E-state index contributed by atoms with van der Waals surface area (Å²) in [6.07, 6.45) is -10.4. The second-order valence-corrected chi connectivity index (χ2v) is 6.44. The van der Waals surface area contributed by atoms with Crippen molar-refractivity contribution in [1.82, 2.24) is 9.13 Å². The van der Waals surface area contributed by atoms with Gasteiger partial charge in [-0.05, 0) is 32.4 Å². The lowest BCUT2D eigenvalue weighted by Crippen LogP contribution is -2.27. The van der Waals surface area contributed by atoms with E-state index in [9.17, 15) is 35.9 Å². The number of aryl methyl sites for hydroxylation is 1. The number of carbonyl (C=O) groups excluding carboxylic acids is 2. The number of aromatic nitrogens is 2. The Morgan fingerprint density at radius 1 is 0.852 bits per heavy atom. The molecule has 0 amide bonds. The molecular formula is C17H14F6N2O2. The number of rotatable bonds is 2. The van der Waals surface area contributed by atoms with Crippen LogP contribution in [0.25, 0.3) is 11.4 Å². The lowest BCUT2D eigenvalue weighted by molar-refractivity contribution is -0.0889. The molecule has 0 atom stereocenters. The highest BCUT2D eigenvalue weighted by Crippen LogP contribution is 2.41. The van der Waals surface area contributed by atoms with Crippen LogP contribution in [0.2, 0.25) is 0 Å². The van der Waals surface area contributed by atoms with Gasteiger partial charge in [0.1, 0.15) is 0 Å². The van der Waals surface area contributed by atoms with Crippen LogP contribution in [0.5, 0.6) is 0 Å². The van der Waals surface area contributed by atoms with Crippen molar-refractivity contribution in [3.8, 4) is 11.4 Å². The molecule has 27 heavy (non-hydrogen) atoms. The first-order valence-electron chi connectivity index (χ1n) is 7.90. The molecule has 0 N–H and O–H groups in total. The number of halogens is 6. The summed E-state index contributed by atoms with van der Waals surface area (Å²) in [4.78, 5) is 23.9. The molecule has 0 unspecified atom stereocenters. The number of nitrogens with zero attached hydrogens (tertiary/aromatic N) is 2. The summed E-state index contributed by atoms with van der Waals surface area (Å²) in [6, 6.07) is 1.00. The molecule has 10 heteroatoms. The Kier molecular flexibility index (Phi) is 4.09. The number of Topliss-reactive ketones (excluding diaryl/α,β-unsaturated/α-hetero) is 2. The fourth-order valence-corrected chi connectivity index (χ4v) is 3.56. The molecule has 2 aromatic heterocycles. The maximum absolute atomic E-state index is 13.1. The molecule has 146 valence electrons. The van der Waals surface area contributed by atoms with Crippen LogP contribution < -0.4 is 0 Å². The van der Waals surface area contributed by atoms with Crippen molar-refractivity contribution in [3.05, 3.63) is 34.1 Å². The molecule has 0 saturated carbocycles. The Balaban J connectivity index is 2.39. The number of alkyl halides is 6. The van der Waals surface area contributed by atoms with Gasteiger partial charge in [-0.2, -0.15) is 26.3 Å². The van der Waals surface area contributed by atoms with Crippen molar-refractivity contribution in [2.75, 3.05) is 0 Å². The molecule has 0 radical (unpaired) electrons. The average molecular weight is 392 g/mol. The summed E-state index contributed by atoms with van der Waals surface area (Å²) in [5.41, 5.74) is -1.39. The third kappa shape index (κ3) is 2.78. The standard InChI is InChI=1S/C17H14F6N2O2/c1-7-6-10(14(26)16(18,19)20)12-13-11(15(27)17(21,22)23)8(2)9(3)25(13)5-4-24(7)12/h6H,4-5H2,1-3H3. The van der Waals surface area contributed by atoms with Gasteiger partial charge in [0, 0.05) is 24.5 Å². The number of carbonyl (C=O) groups is 2. The summed E-state index contributed by atoms with van der Waals surface area (Å²) in [7, 11) is 0. The Labute approximate surface area is 149 Å². The van der Waals surface area contributed by atoms with Crippen molar-refractivity contribution >= 4 is 11.6 Å². The molecule has 0 fully saturated rings. The van der Waals surface area contributed by atoms with Gasteiger partial charge in [0.2, 0.25) is 0 Å². The highest BCUT2D eigenvalue weighted by atomic mass is 19.4. The molecule has 0 bridgehead atoms. The van der Waals surface area contributed by atoms with Gasteiger partial charge in [-0.3, -0.25) is 9.59 Å². The van der Waals surface area contributed by atoms with E-state index in [-0.39, 0.29) is 30.0 Å². The van der Waals surface area contributed by atoms with Crippen LogP contribution in [-0.2, 0) is 13.1 Å². The van der Waals surface area contributed by atoms with Gasteiger partial charge in [0.25, 0.3) is 11.6 Å². The van der Waals surface area contributed by atoms with E-state index in [4.69, 9.17) is 0 Å². The van der Waals surface area contributed by atoms with Gasteiger partial charge in [-0.15, -0.1) is 0 Å². The van der Waals surface area contributed by atoms with E-state index in [0.717, 1.165) is 6.07 Å². The van der Waals surface area contributed by atoms with E-state index in [1.807, 2.05) is 0 Å². The topological polar surface area (TPSA) is 44.0 Å². The number of hydrogen-bond acceptors (Lipinski definition) is 2. The minimum Gasteiger partial charge on any atom is -0.341 e. The fraction of sp³-hybridized carbons (Fsp3) is 0.412. The molecule has 0 spiro atoms. The first-order chi connectivity index (χ1) is 12.3. The zero-order valence-corrected chi connectivity index (χ0v) is 14.5. The van der Waals surface area contributed by atoms with E-state index >= 15 is 0 Å². The SMILES string of the molecule is Cc1c(C(=O)C(F)(F)F)c2n(c1C)CCn1c(C)cc(C(=O)C(F)(F)F)c1-2. The predicted molar refractivity (Wildman–Crippen MR) is 82.8 cm³/mol. The summed E-state index contributed by atoms with van der Waals surface area (Å²) in [6.45, 7) is 4.61. The third-order valence-corrected chi connectivity index (χ3v) is 4.89. The summed E-state index contributed by atoms with van der Waals surface area (Å²) >= 11 is 0. The number of ketones is 2. The van der Waals surface area contributed by atoms with E-state index in [1.54, 1.807) is 0 Å². The van der Waals surface area contributed by atoms with Crippen LogP contribution in [0.3, 0.4) is 0 Å². The number of fused-ring (bicyclic) bond motifs is 3. The normalized spacial score (nSPS) is 14.1. The van der Waals surface area contributed by atoms with Gasteiger partial charge in [-0.25, -0.2) is 0 Å². The van der Waals surface area contributed by atoms with Crippen molar-refractivity contribution in [3.63, 3.8) is 0 Å². The molecule has 4 nitrogen and oxygen atoms in total. The van der Waals surface area contributed by atoms with Gasteiger partial charge >= 0.3 is 12.4 Å². The second kappa shape index (κ2) is 5.74. The smallest absolute Gasteiger partial charge is 0.341 e. The Hall–Kier alpha value is -2.52. The molecule has 3 heterocycles. The quantitative estimate of drug-likeness (QED) is 0.562. The minimum absolute atomic E-state index is 0.0324. The first kappa shape index (κ1) is 19.2. The largest absolute Gasteiger partial charge is 0.454 e. The zero-order valence-electron chi connectivity index (χ0n) is 14.5. The van der Waals surface area contributed by atoms with Crippen molar-refractivity contribution < 1.29 is 35.9 Å². The molecular weight excluding hydrogens is 378 g/mol. The van der Waals surface area contributed by atoms with E-state index < -0.39 is 35.0 Å². The monoisotopic (exact) mass is 392 g/mol. The predicted octanol–water partition coefficient (Wildman–Crippen LogP) is 4.39. The Morgan fingerprint density at radius 3 is 1.89 bits per heavy atom. The second-order valence-electron chi connectivity index (χ2n) is 6.44. The highest BCUT2D eigenvalue weighted by molar-refractivity contribution is 6.11. The summed E-state index contributed by atoms with van der Waals surface area (Å²) < 4.78 is 81.1. The minimum atomic E-state index is -5.20. The average Bonchev–Trinajstić information content (AvgIpc) is 3.00. The van der Waals surface area contributed by atoms with E-state index in [0.29, 0.717) is 11.4 Å². The third-order valence-electron chi connectivity index (χ3n) is 4.89. The van der Waals surface area contributed by atoms with Crippen LogP contribution in [0.4, 0.5) is 26.3 Å². The molecule has 0 aliphatic carbocycles. The Bertz CT molecular complexity index is 975. The van der Waals surface area contributed by atoms with Crippen LogP contribution in [0.15, 0.2) is 6.07 Å². The highest BCUT2D eigenvalue weighted by Gasteiger charge is 2.47.